The van der Waals surface area contributed by atoms with E-state index in [0.29, 0.717) is 24.5 Å². The molecular formula is C21H38N4O5S2. The summed E-state index contributed by atoms with van der Waals surface area (Å²) in [6.07, 6.45) is 4.35. The van der Waals surface area contributed by atoms with Crippen molar-refractivity contribution in [2.24, 2.45) is 0 Å². The third-order valence-corrected chi connectivity index (χ3v) is 5.74. The van der Waals surface area contributed by atoms with E-state index in [-0.39, 0.29) is 24.0 Å². The predicted octanol–water partition coefficient (Wildman–Crippen LogP) is 1.17. The molecule has 32 heavy (non-hydrogen) atoms. The molecular weight excluding hydrogens is 452 g/mol. The molecule has 0 spiro atoms. The number of thioether (sulfide) groups is 1. The van der Waals surface area contributed by atoms with Crippen LogP contribution in [0.25, 0.3) is 0 Å². The van der Waals surface area contributed by atoms with Crippen LogP contribution in [-0.2, 0) is 24.0 Å². The Bertz CT molecular complexity index is 633. The molecule has 0 fully saturated rings. The molecule has 0 aromatic carbocycles. The van der Waals surface area contributed by atoms with E-state index in [9.17, 15) is 24.0 Å². The van der Waals surface area contributed by atoms with Gasteiger partial charge >= 0.3 is 0 Å². The summed E-state index contributed by atoms with van der Waals surface area (Å²) in [7, 11) is 0. The minimum absolute atomic E-state index is 0.205. The molecule has 4 amide bonds. The van der Waals surface area contributed by atoms with Crippen LogP contribution in [0.4, 0.5) is 0 Å². The van der Waals surface area contributed by atoms with Crippen LogP contribution in [0, 0.1) is 0 Å². The SMILES string of the molecule is CC(=O)CCCCCSCNC(=O)[C@H](C)NC(=O)[C@@H](C)NC(=O)[C@H](C)NC(=O)CCCS. The first-order valence-electron chi connectivity index (χ1n) is 10.9. The number of carbonyl (C=O) groups is 5. The van der Waals surface area contributed by atoms with Crippen LogP contribution < -0.4 is 21.3 Å². The molecule has 0 heterocycles. The number of carbonyl (C=O) groups excluding carboxylic acids is 5. The monoisotopic (exact) mass is 490 g/mol. The highest BCUT2D eigenvalue weighted by Crippen LogP contribution is 2.07. The number of thiol groups is 1. The summed E-state index contributed by atoms with van der Waals surface area (Å²) in [4.78, 5) is 59.1. The van der Waals surface area contributed by atoms with Gasteiger partial charge in [0.15, 0.2) is 0 Å². The Labute approximate surface area is 200 Å². The Morgan fingerprint density at radius 2 is 1.31 bits per heavy atom. The van der Waals surface area contributed by atoms with E-state index in [0.717, 1.165) is 25.0 Å². The van der Waals surface area contributed by atoms with Crippen LogP contribution in [-0.4, -0.2) is 64.9 Å². The van der Waals surface area contributed by atoms with Crippen LogP contribution in [0.15, 0.2) is 0 Å². The summed E-state index contributed by atoms with van der Waals surface area (Å²) in [6, 6.07) is -2.40. The fourth-order valence-electron chi connectivity index (χ4n) is 2.53. The minimum Gasteiger partial charge on any atom is -0.345 e. The average Bonchev–Trinajstić information content (AvgIpc) is 2.73. The van der Waals surface area contributed by atoms with Gasteiger partial charge in [-0.2, -0.15) is 12.6 Å². The second-order valence-electron chi connectivity index (χ2n) is 7.68. The second kappa shape index (κ2) is 17.8. The van der Waals surface area contributed by atoms with Crippen LogP contribution in [0.3, 0.4) is 0 Å². The molecule has 11 heteroatoms. The highest BCUT2D eigenvalue weighted by atomic mass is 32.2. The lowest BCUT2D eigenvalue weighted by Gasteiger charge is -2.20. The third kappa shape index (κ3) is 15.1. The maximum atomic E-state index is 12.3. The van der Waals surface area contributed by atoms with Gasteiger partial charge in [0.1, 0.15) is 23.9 Å². The third-order valence-electron chi connectivity index (χ3n) is 4.50. The Hall–Kier alpha value is -1.75. The Balaban J connectivity index is 4.12. The first kappa shape index (κ1) is 30.2. The molecule has 0 aliphatic carbocycles. The predicted molar refractivity (Wildman–Crippen MR) is 131 cm³/mol. The number of hydrogen-bond acceptors (Lipinski definition) is 7. The maximum Gasteiger partial charge on any atom is 0.242 e. The van der Waals surface area contributed by atoms with Gasteiger partial charge < -0.3 is 26.1 Å². The van der Waals surface area contributed by atoms with Crippen molar-refractivity contribution in [1.29, 1.82) is 0 Å². The van der Waals surface area contributed by atoms with Gasteiger partial charge in [0.2, 0.25) is 23.6 Å². The van der Waals surface area contributed by atoms with E-state index in [4.69, 9.17) is 0 Å². The number of amides is 4. The minimum atomic E-state index is -0.862. The molecule has 0 unspecified atom stereocenters. The summed E-state index contributed by atoms with van der Waals surface area (Å²) in [5.74, 6) is 0.558. The summed E-state index contributed by atoms with van der Waals surface area (Å²) < 4.78 is 0. The molecule has 0 aliphatic rings. The molecule has 9 nitrogen and oxygen atoms in total. The molecule has 0 saturated carbocycles. The van der Waals surface area contributed by atoms with Crippen molar-refractivity contribution >= 4 is 53.8 Å². The number of nitrogens with one attached hydrogen (secondary N) is 4. The fraction of sp³-hybridized carbons (Fsp3) is 0.762. The molecule has 184 valence electrons. The van der Waals surface area contributed by atoms with E-state index in [1.807, 2.05) is 0 Å². The quantitative estimate of drug-likeness (QED) is 0.118. The van der Waals surface area contributed by atoms with Crippen molar-refractivity contribution in [3.63, 3.8) is 0 Å². The van der Waals surface area contributed by atoms with Gasteiger partial charge in [0.25, 0.3) is 0 Å². The first-order valence-corrected chi connectivity index (χ1v) is 12.7. The van der Waals surface area contributed by atoms with Crippen molar-refractivity contribution in [1.82, 2.24) is 21.3 Å². The normalized spacial score (nSPS) is 13.4. The van der Waals surface area contributed by atoms with Crippen LogP contribution >= 0.6 is 24.4 Å². The maximum absolute atomic E-state index is 12.3. The van der Waals surface area contributed by atoms with Gasteiger partial charge in [0.05, 0.1) is 5.88 Å². The standard InChI is InChI=1S/C21H38N4O5S2/c1-14(26)9-6-5-7-12-32-13-22-19(28)15(2)24-21(30)17(4)25-20(29)16(3)23-18(27)10-8-11-31/h15-17,31H,5-13H2,1-4H3,(H,22,28)(H,23,27)(H,24,30)(H,25,29)/t15-,16-,17+/m0/s1. The highest BCUT2D eigenvalue weighted by Gasteiger charge is 2.23. The molecule has 0 aromatic heterocycles. The zero-order valence-electron chi connectivity index (χ0n) is 19.5. The molecule has 4 N–H and O–H groups in total. The van der Waals surface area contributed by atoms with Gasteiger partial charge in [-0.15, -0.1) is 11.8 Å². The Morgan fingerprint density at radius 1 is 0.750 bits per heavy atom. The topological polar surface area (TPSA) is 133 Å². The first-order chi connectivity index (χ1) is 15.1. The molecule has 0 aliphatic heterocycles. The van der Waals surface area contributed by atoms with Gasteiger partial charge in [-0.1, -0.05) is 6.42 Å². The Morgan fingerprint density at radius 3 is 1.88 bits per heavy atom. The lowest BCUT2D eigenvalue weighted by Crippen LogP contribution is -2.54. The van der Waals surface area contributed by atoms with E-state index < -0.39 is 29.9 Å². The van der Waals surface area contributed by atoms with Crippen LogP contribution in [0.2, 0.25) is 0 Å². The summed E-state index contributed by atoms with van der Waals surface area (Å²) >= 11 is 5.62. The molecule has 0 bridgehead atoms. The number of hydrogen-bond donors (Lipinski definition) is 5. The lowest BCUT2D eigenvalue weighted by atomic mass is 10.2. The molecule has 0 rings (SSSR count). The smallest absolute Gasteiger partial charge is 0.242 e. The second-order valence-corrected chi connectivity index (χ2v) is 9.24. The van der Waals surface area contributed by atoms with E-state index in [2.05, 4.69) is 33.9 Å². The summed E-state index contributed by atoms with van der Waals surface area (Å²) in [5.41, 5.74) is 0. The van der Waals surface area contributed by atoms with Crippen molar-refractivity contribution in [3.05, 3.63) is 0 Å². The van der Waals surface area contributed by atoms with Crippen molar-refractivity contribution < 1.29 is 24.0 Å². The van der Waals surface area contributed by atoms with Crippen molar-refractivity contribution in [3.8, 4) is 0 Å². The Kier molecular flexibility index (Phi) is 16.8. The number of ketones is 1. The van der Waals surface area contributed by atoms with E-state index in [1.165, 1.54) is 13.8 Å². The van der Waals surface area contributed by atoms with Gasteiger partial charge in [-0.3, -0.25) is 19.2 Å². The highest BCUT2D eigenvalue weighted by molar-refractivity contribution is 7.99. The van der Waals surface area contributed by atoms with Crippen LogP contribution in [0.5, 0.6) is 0 Å². The molecule has 3 atom stereocenters. The average molecular weight is 491 g/mol. The zero-order valence-corrected chi connectivity index (χ0v) is 21.2. The summed E-state index contributed by atoms with van der Waals surface area (Å²) in [6.45, 7) is 6.20. The number of unbranched alkanes of at least 4 members (excludes halogenated alkanes) is 2. The largest absolute Gasteiger partial charge is 0.345 e. The molecule has 0 aromatic rings. The van der Waals surface area contributed by atoms with E-state index >= 15 is 0 Å². The van der Waals surface area contributed by atoms with Crippen LogP contribution in [0.1, 0.15) is 66.2 Å². The fourth-order valence-corrected chi connectivity index (χ4v) is 3.48. The van der Waals surface area contributed by atoms with Crippen molar-refractivity contribution in [2.75, 3.05) is 17.4 Å². The van der Waals surface area contributed by atoms with Gasteiger partial charge in [-0.05, 0) is 58.5 Å². The summed E-state index contributed by atoms with van der Waals surface area (Å²) in [5, 5.41) is 10.4. The molecule has 0 radical (unpaired) electrons. The number of Topliss-reactive ketones (excluding diaryl/α,β-unsaturated/α-hetero) is 1. The van der Waals surface area contributed by atoms with Gasteiger partial charge in [-0.25, -0.2) is 0 Å². The lowest BCUT2D eigenvalue weighted by molar-refractivity contribution is -0.133. The van der Waals surface area contributed by atoms with Gasteiger partial charge in [0, 0.05) is 12.8 Å². The van der Waals surface area contributed by atoms with Crippen molar-refractivity contribution in [2.45, 2.75) is 84.3 Å². The number of rotatable bonds is 17. The van der Waals surface area contributed by atoms with E-state index in [1.54, 1.807) is 25.6 Å². The zero-order chi connectivity index (χ0) is 24.5. The molecule has 0 saturated heterocycles.